The summed E-state index contributed by atoms with van der Waals surface area (Å²) in [6.07, 6.45) is 3.40. The highest BCUT2D eigenvalue weighted by Gasteiger charge is 2.57. The molecule has 0 saturated carbocycles. The van der Waals surface area contributed by atoms with Gasteiger partial charge in [-0.25, -0.2) is 0 Å². The maximum Gasteiger partial charge on any atom is 0.131 e. The largest absolute Gasteiger partial charge is 0.508 e. The number of allylic oxidation sites excluding steroid dienone is 1. The topological polar surface area (TPSA) is 56.2 Å². The Hall–Kier alpha value is -1.78. The lowest BCUT2D eigenvalue weighted by Gasteiger charge is -2.48. The summed E-state index contributed by atoms with van der Waals surface area (Å²) in [5.74, 6) is 1.44. The number of H-pyrrole nitrogens is 1. The van der Waals surface area contributed by atoms with E-state index in [-0.39, 0.29) is 12.5 Å². The molecule has 7 rings (SSSR count). The number of hydrogen-bond donors (Lipinski definition) is 3. The van der Waals surface area contributed by atoms with Crippen LogP contribution in [0.15, 0.2) is 29.8 Å². The Balaban J connectivity index is 1.81. The number of aromatic nitrogens is 1. The van der Waals surface area contributed by atoms with Gasteiger partial charge >= 0.3 is 0 Å². The summed E-state index contributed by atoms with van der Waals surface area (Å²) >= 11 is 0. The van der Waals surface area contributed by atoms with Crippen LogP contribution >= 0.6 is 0 Å². The van der Waals surface area contributed by atoms with Gasteiger partial charge in [-0.3, -0.25) is 0 Å². The minimum absolute atomic E-state index is 0.240. The van der Waals surface area contributed by atoms with E-state index in [1.165, 1.54) is 16.8 Å². The first kappa shape index (κ1) is 14.6. The van der Waals surface area contributed by atoms with Crippen molar-refractivity contribution in [2.24, 2.45) is 11.8 Å². The van der Waals surface area contributed by atoms with Gasteiger partial charge in [-0.15, -0.1) is 0 Å². The highest BCUT2D eigenvalue weighted by atomic mass is 16.3. The van der Waals surface area contributed by atoms with E-state index in [4.69, 9.17) is 0 Å². The van der Waals surface area contributed by atoms with E-state index in [0.717, 1.165) is 34.9 Å². The molecule has 4 bridgehead atoms. The van der Waals surface area contributed by atoms with Crippen LogP contribution in [0.1, 0.15) is 36.6 Å². The lowest BCUT2D eigenvalue weighted by atomic mass is 9.76. The quantitative estimate of drug-likeness (QED) is 0.557. The SMILES string of the molecule is C/C=C1/C[N+]2(C)C[C@H]3c4c([nH]c5ccc(O)cc45)[C@@H]2CC1[C@H]3CO. The van der Waals surface area contributed by atoms with Crippen LogP contribution in [0.4, 0.5) is 0 Å². The Bertz CT molecular complexity index is 868. The predicted molar refractivity (Wildman–Crippen MR) is 93.8 cm³/mol. The molecular weight excluding hydrogens is 300 g/mol. The molecule has 5 atom stereocenters. The summed E-state index contributed by atoms with van der Waals surface area (Å²) in [6.45, 7) is 4.56. The number of fused-ring (bicyclic) bond motifs is 2. The van der Waals surface area contributed by atoms with Crippen molar-refractivity contribution in [3.8, 4) is 5.75 Å². The number of aliphatic hydroxyl groups is 1. The van der Waals surface area contributed by atoms with E-state index < -0.39 is 0 Å². The van der Waals surface area contributed by atoms with Crippen molar-refractivity contribution in [1.29, 1.82) is 0 Å². The van der Waals surface area contributed by atoms with Gasteiger partial charge in [0.05, 0.1) is 19.3 Å². The van der Waals surface area contributed by atoms with Crippen molar-refractivity contribution in [3.05, 3.63) is 41.1 Å². The number of nitrogens with zero attached hydrogens (tertiary/aromatic N) is 1. The molecule has 4 aliphatic heterocycles. The fourth-order valence-corrected chi connectivity index (χ4v) is 5.98. The van der Waals surface area contributed by atoms with Crippen LogP contribution in [-0.2, 0) is 0 Å². The molecule has 3 N–H and O–H groups in total. The van der Waals surface area contributed by atoms with Gasteiger partial charge in [-0.1, -0.05) is 6.08 Å². The second-order valence-corrected chi connectivity index (χ2v) is 8.18. The maximum absolute atomic E-state index is 10.2. The van der Waals surface area contributed by atoms with E-state index in [2.05, 4.69) is 25.0 Å². The first-order chi connectivity index (χ1) is 11.6. The number of piperidine rings is 1. The third-order valence-electron chi connectivity index (χ3n) is 7.04. The standard InChI is InChI=1S/C20H24N2O2/c1-3-11-8-22(2)9-15-16(10-23)13(11)7-18(22)20-19(15)14-6-12(24)4-5-17(14)21-20/h3-6,13,15-16,18,21,23H,7-10H2,1-2H3/p+1/b11-3-/t13?,15-,16-,18+,22?/m1/s1. The van der Waals surface area contributed by atoms with Gasteiger partial charge in [0.2, 0.25) is 0 Å². The summed E-state index contributed by atoms with van der Waals surface area (Å²) in [5.41, 5.74) is 5.35. The van der Waals surface area contributed by atoms with E-state index in [0.29, 0.717) is 23.6 Å². The number of rotatable bonds is 1. The number of quaternary nitrogens is 1. The van der Waals surface area contributed by atoms with Crippen LogP contribution in [-0.4, -0.2) is 46.4 Å². The average molecular weight is 325 g/mol. The first-order valence-corrected chi connectivity index (χ1v) is 9.00. The monoisotopic (exact) mass is 325 g/mol. The van der Waals surface area contributed by atoms with E-state index in [1.54, 1.807) is 6.07 Å². The number of hydrogen-bond acceptors (Lipinski definition) is 2. The predicted octanol–water partition coefficient (Wildman–Crippen LogP) is 3.05. The molecule has 126 valence electrons. The van der Waals surface area contributed by atoms with Crippen molar-refractivity contribution >= 4 is 10.9 Å². The van der Waals surface area contributed by atoms with Gasteiger partial charge in [-0.05, 0) is 42.2 Å². The number of aromatic hydroxyl groups is 1. The molecule has 2 unspecified atom stereocenters. The van der Waals surface area contributed by atoms with Crippen LogP contribution in [0.2, 0.25) is 0 Å². The number of phenolic OH excluding ortho intramolecular Hbond substituents is 1. The van der Waals surface area contributed by atoms with Crippen LogP contribution in [0.5, 0.6) is 5.75 Å². The average Bonchev–Trinajstić information content (AvgIpc) is 2.75. The van der Waals surface area contributed by atoms with E-state index in [9.17, 15) is 10.2 Å². The molecule has 2 aromatic rings. The van der Waals surface area contributed by atoms with Crippen molar-refractivity contribution in [1.82, 2.24) is 4.98 Å². The summed E-state index contributed by atoms with van der Waals surface area (Å²) in [6, 6.07) is 6.10. The van der Waals surface area contributed by atoms with Crippen LogP contribution < -0.4 is 0 Å². The zero-order valence-corrected chi connectivity index (χ0v) is 14.3. The molecule has 0 spiro atoms. The Morgan fingerprint density at radius 2 is 2.17 bits per heavy atom. The summed E-state index contributed by atoms with van der Waals surface area (Å²) in [4.78, 5) is 3.67. The van der Waals surface area contributed by atoms with Crippen molar-refractivity contribution in [2.75, 3.05) is 26.7 Å². The fourth-order valence-electron chi connectivity index (χ4n) is 5.98. The summed E-state index contributed by atoms with van der Waals surface area (Å²) < 4.78 is 1.04. The van der Waals surface area contributed by atoms with Gasteiger partial charge in [-0.2, -0.15) is 0 Å². The second kappa shape index (κ2) is 4.64. The number of benzene rings is 1. The molecule has 0 amide bonds. The van der Waals surface area contributed by atoms with E-state index >= 15 is 0 Å². The molecule has 4 nitrogen and oxygen atoms in total. The van der Waals surface area contributed by atoms with Crippen LogP contribution in [0.25, 0.3) is 10.9 Å². The lowest BCUT2D eigenvalue weighted by Crippen LogP contribution is -2.54. The molecule has 1 aliphatic carbocycles. The Morgan fingerprint density at radius 3 is 2.92 bits per heavy atom. The Morgan fingerprint density at radius 1 is 1.33 bits per heavy atom. The number of phenols is 1. The minimum Gasteiger partial charge on any atom is -0.508 e. The Kier molecular flexibility index (Phi) is 2.82. The lowest BCUT2D eigenvalue weighted by molar-refractivity contribution is -0.941. The van der Waals surface area contributed by atoms with Crippen molar-refractivity contribution < 1.29 is 14.7 Å². The number of aromatic amines is 1. The molecule has 3 fully saturated rings. The van der Waals surface area contributed by atoms with Gasteiger partial charge in [0.15, 0.2) is 0 Å². The smallest absolute Gasteiger partial charge is 0.131 e. The molecule has 24 heavy (non-hydrogen) atoms. The fraction of sp³-hybridized carbons (Fsp3) is 0.500. The number of aliphatic hydroxyl groups excluding tert-OH is 1. The molecular formula is C20H25N2O2+. The zero-order chi connectivity index (χ0) is 16.6. The molecule has 1 aromatic heterocycles. The van der Waals surface area contributed by atoms with Crippen LogP contribution in [0, 0.1) is 11.8 Å². The Labute approximate surface area is 142 Å². The number of nitrogens with one attached hydrogen (secondary N) is 1. The van der Waals surface area contributed by atoms with E-state index in [1.807, 2.05) is 12.1 Å². The van der Waals surface area contributed by atoms with Gasteiger partial charge < -0.3 is 19.7 Å². The normalized spacial score (nSPS) is 38.7. The molecule has 3 saturated heterocycles. The summed E-state index contributed by atoms with van der Waals surface area (Å²) in [7, 11) is 2.38. The molecule has 1 aromatic carbocycles. The molecule has 4 heteroatoms. The molecule has 5 aliphatic rings. The zero-order valence-electron chi connectivity index (χ0n) is 14.3. The summed E-state index contributed by atoms with van der Waals surface area (Å²) in [5, 5.41) is 21.4. The minimum atomic E-state index is 0.240. The van der Waals surface area contributed by atoms with Crippen LogP contribution in [0.3, 0.4) is 0 Å². The third-order valence-corrected chi connectivity index (χ3v) is 7.04. The molecule has 0 radical (unpaired) electrons. The van der Waals surface area contributed by atoms with Gasteiger partial charge in [0, 0.05) is 35.8 Å². The second-order valence-electron chi connectivity index (χ2n) is 8.18. The first-order valence-electron chi connectivity index (χ1n) is 9.00. The van der Waals surface area contributed by atoms with Crippen molar-refractivity contribution in [2.45, 2.75) is 25.3 Å². The van der Waals surface area contributed by atoms with Gasteiger partial charge in [0.1, 0.15) is 18.3 Å². The number of likely N-dealkylation sites (N-methyl/N-ethyl adjacent to an activating group) is 1. The maximum atomic E-state index is 10.2. The van der Waals surface area contributed by atoms with Gasteiger partial charge in [0.25, 0.3) is 0 Å². The van der Waals surface area contributed by atoms with Crippen molar-refractivity contribution in [3.63, 3.8) is 0 Å². The highest BCUT2D eigenvalue weighted by Crippen LogP contribution is 2.58. The highest BCUT2D eigenvalue weighted by molar-refractivity contribution is 5.87. The molecule has 5 heterocycles. The third kappa shape index (κ3) is 1.65.